The van der Waals surface area contributed by atoms with Crippen molar-refractivity contribution in [2.24, 2.45) is 28.7 Å². The predicted molar refractivity (Wildman–Crippen MR) is 143 cm³/mol. The molecule has 3 saturated carbocycles. The summed E-state index contributed by atoms with van der Waals surface area (Å²) in [5, 5.41) is 16.2. The molecule has 4 fully saturated rings. The maximum Gasteiger partial charge on any atom is 0.157 e. The summed E-state index contributed by atoms with van der Waals surface area (Å²) in [7, 11) is 3.64. The minimum atomic E-state index is -0.120. The van der Waals surface area contributed by atoms with Crippen molar-refractivity contribution in [1.82, 2.24) is 15.5 Å². The van der Waals surface area contributed by atoms with Crippen LogP contribution in [-0.4, -0.2) is 68.4 Å². The van der Waals surface area contributed by atoms with E-state index in [1.54, 1.807) is 6.34 Å². The molecule has 0 aromatic heterocycles. The molecule has 8 atom stereocenters. The van der Waals surface area contributed by atoms with E-state index in [4.69, 9.17) is 19.9 Å². The Bertz CT molecular complexity index is 697. The van der Waals surface area contributed by atoms with Gasteiger partial charge in [0.2, 0.25) is 0 Å². The van der Waals surface area contributed by atoms with Crippen LogP contribution in [0.2, 0.25) is 0 Å². The summed E-state index contributed by atoms with van der Waals surface area (Å²) in [6, 6.07) is 0.560. The molecular formula is C28H51N5O2. The molecule has 1 aliphatic heterocycles. The van der Waals surface area contributed by atoms with Crippen molar-refractivity contribution in [3.8, 4) is 0 Å². The molecule has 0 aromatic carbocycles. The molecule has 1 saturated heterocycles. The van der Waals surface area contributed by atoms with Crippen LogP contribution in [0.25, 0.3) is 0 Å². The number of rotatable bonds is 9. The molecule has 0 aromatic rings. The summed E-state index contributed by atoms with van der Waals surface area (Å²) >= 11 is 0. The Morgan fingerprint density at radius 2 is 1.80 bits per heavy atom. The molecule has 8 unspecified atom stereocenters. The summed E-state index contributed by atoms with van der Waals surface area (Å²) in [6.45, 7) is 5.62. The summed E-state index contributed by atoms with van der Waals surface area (Å²) in [5.74, 6) is 3.36. The number of aliphatic imine (C=N–C) groups is 1. The average Bonchev–Trinajstić information content (AvgIpc) is 2.92. The lowest BCUT2D eigenvalue weighted by Crippen LogP contribution is -2.73. The van der Waals surface area contributed by atoms with Gasteiger partial charge in [-0.1, -0.05) is 52.4 Å². The lowest BCUT2D eigenvalue weighted by Gasteiger charge is -2.52. The van der Waals surface area contributed by atoms with Gasteiger partial charge in [0.25, 0.3) is 0 Å². The second-order valence-electron chi connectivity index (χ2n) is 11.7. The quantitative estimate of drug-likeness (QED) is 0.321. The zero-order valence-electron chi connectivity index (χ0n) is 22.7. The van der Waals surface area contributed by atoms with Gasteiger partial charge >= 0.3 is 0 Å². The Morgan fingerprint density at radius 1 is 1.06 bits per heavy atom. The number of amidine groups is 1. The highest BCUT2D eigenvalue weighted by atomic mass is 16.5. The Balaban J connectivity index is 1.59. The molecule has 0 radical (unpaired) electrons. The first-order valence-corrected chi connectivity index (χ1v) is 14.5. The van der Waals surface area contributed by atoms with E-state index in [0.717, 1.165) is 31.6 Å². The Morgan fingerprint density at radius 3 is 2.49 bits per heavy atom. The van der Waals surface area contributed by atoms with E-state index in [1.165, 1.54) is 57.8 Å². The molecule has 7 nitrogen and oxygen atoms in total. The van der Waals surface area contributed by atoms with Gasteiger partial charge in [-0.3, -0.25) is 15.7 Å². The fraction of sp³-hybridized carbons (Fsp3) is 0.929. The number of nitrogens with zero attached hydrogens (tertiary/aromatic N) is 2. The summed E-state index contributed by atoms with van der Waals surface area (Å²) in [6.07, 6.45) is 16.4. The average molecular weight is 490 g/mol. The highest BCUT2D eigenvalue weighted by molar-refractivity contribution is 5.87. The lowest BCUT2D eigenvalue weighted by molar-refractivity contribution is -0.0557. The first-order chi connectivity index (χ1) is 17.1. The minimum Gasteiger partial charge on any atom is -0.381 e. The van der Waals surface area contributed by atoms with Crippen LogP contribution in [0.4, 0.5) is 0 Å². The van der Waals surface area contributed by atoms with Crippen molar-refractivity contribution >= 4 is 12.2 Å². The maximum absolute atomic E-state index is 8.47. The van der Waals surface area contributed by atoms with Crippen molar-refractivity contribution in [2.75, 3.05) is 20.8 Å². The smallest absolute Gasteiger partial charge is 0.157 e. The Kier molecular flexibility index (Phi) is 9.88. The molecule has 4 aliphatic rings. The van der Waals surface area contributed by atoms with Gasteiger partial charge in [-0.25, -0.2) is 0 Å². The number of nitrogens with one attached hydrogen (secondary N) is 3. The van der Waals surface area contributed by atoms with Gasteiger partial charge in [-0.2, -0.15) is 0 Å². The fourth-order valence-electron chi connectivity index (χ4n) is 7.36. The van der Waals surface area contributed by atoms with E-state index in [9.17, 15) is 0 Å². The minimum absolute atomic E-state index is 0.0764. The van der Waals surface area contributed by atoms with Crippen LogP contribution >= 0.6 is 0 Å². The monoisotopic (exact) mass is 489 g/mol. The molecular weight excluding hydrogens is 438 g/mol. The maximum atomic E-state index is 8.47. The van der Waals surface area contributed by atoms with E-state index in [2.05, 4.69) is 29.4 Å². The molecule has 35 heavy (non-hydrogen) atoms. The van der Waals surface area contributed by atoms with Gasteiger partial charge in [-0.05, 0) is 49.9 Å². The topological polar surface area (TPSA) is 82.0 Å². The summed E-state index contributed by atoms with van der Waals surface area (Å²) in [4.78, 5) is 7.54. The molecule has 200 valence electrons. The number of fused-ring (bicyclic) bond motifs is 1. The zero-order valence-corrected chi connectivity index (χ0v) is 22.7. The molecule has 4 rings (SSSR count). The highest BCUT2D eigenvalue weighted by Gasteiger charge is 2.47. The Hall–Kier alpha value is -1.18. The molecule has 0 bridgehead atoms. The predicted octanol–water partition coefficient (Wildman–Crippen LogP) is 4.76. The molecule has 3 N–H and O–H groups in total. The van der Waals surface area contributed by atoms with Crippen LogP contribution in [0.3, 0.4) is 0 Å². The van der Waals surface area contributed by atoms with Crippen LogP contribution in [0.15, 0.2) is 4.99 Å². The first kappa shape index (κ1) is 26.9. The SMILES string of the molecule is CCC(C)C1CCCCC1N(C=N)C1NC(=NCC2CCCCC2)C2CC(OC)CC(OC)C2N1. The third-order valence-corrected chi connectivity index (χ3v) is 9.70. The number of ether oxygens (including phenoxy) is 2. The first-order valence-electron chi connectivity index (χ1n) is 14.5. The summed E-state index contributed by atoms with van der Waals surface area (Å²) < 4.78 is 11.8. The van der Waals surface area contributed by atoms with Crippen LogP contribution in [-0.2, 0) is 9.47 Å². The molecule has 0 spiro atoms. The Labute approximate surface area is 213 Å². The zero-order chi connectivity index (χ0) is 24.8. The molecule has 7 heteroatoms. The van der Waals surface area contributed by atoms with Crippen molar-refractivity contribution in [3.63, 3.8) is 0 Å². The fourth-order valence-corrected chi connectivity index (χ4v) is 7.36. The van der Waals surface area contributed by atoms with Crippen LogP contribution in [0.1, 0.15) is 90.9 Å². The second-order valence-corrected chi connectivity index (χ2v) is 11.7. The molecule has 3 aliphatic carbocycles. The third kappa shape index (κ3) is 6.22. The van der Waals surface area contributed by atoms with E-state index in [1.807, 2.05) is 14.2 Å². The van der Waals surface area contributed by atoms with Gasteiger partial charge < -0.3 is 19.7 Å². The van der Waals surface area contributed by atoms with Crippen molar-refractivity contribution in [1.29, 1.82) is 5.41 Å². The van der Waals surface area contributed by atoms with Gasteiger partial charge in [-0.15, -0.1) is 0 Å². The van der Waals surface area contributed by atoms with Gasteiger partial charge in [0.1, 0.15) is 5.84 Å². The van der Waals surface area contributed by atoms with Gasteiger partial charge in [0, 0.05) is 45.2 Å². The van der Waals surface area contributed by atoms with Gasteiger partial charge in [0.05, 0.1) is 18.5 Å². The normalized spacial score (nSPS) is 38.4. The van der Waals surface area contributed by atoms with Crippen molar-refractivity contribution < 1.29 is 9.47 Å². The van der Waals surface area contributed by atoms with E-state index >= 15 is 0 Å². The van der Waals surface area contributed by atoms with Crippen LogP contribution in [0.5, 0.6) is 0 Å². The van der Waals surface area contributed by atoms with E-state index < -0.39 is 0 Å². The standard InChI is InChI=1S/C28H51N5O2/c1-5-19(2)22-13-9-10-14-24(22)33(18-29)28-31-26-23(15-21(34-3)16-25(26)35-4)27(32-28)30-17-20-11-7-6-8-12-20/h18-26,28-29,31H,5-17H2,1-4H3,(H,30,32). The number of hydrogen-bond donors (Lipinski definition) is 3. The molecule has 1 heterocycles. The van der Waals surface area contributed by atoms with Crippen LogP contribution < -0.4 is 10.6 Å². The van der Waals surface area contributed by atoms with Crippen molar-refractivity contribution in [3.05, 3.63) is 0 Å². The van der Waals surface area contributed by atoms with E-state index in [-0.39, 0.29) is 30.5 Å². The van der Waals surface area contributed by atoms with E-state index in [0.29, 0.717) is 23.8 Å². The third-order valence-electron chi connectivity index (χ3n) is 9.70. The lowest BCUT2D eigenvalue weighted by atomic mass is 9.75. The number of hydrogen-bond acceptors (Lipinski definition) is 5. The van der Waals surface area contributed by atoms with Gasteiger partial charge in [0.15, 0.2) is 6.29 Å². The largest absolute Gasteiger partial charge is 0.381 e. The number of methoxy groups -OCH3 is 2. The highest BCUT2D eigenvalue weighted by Crippen LogP contribution is 2.37. The van der Waals surface area contributed by atoms with Crippen molar-refractivity contribution in [2.45, 2.75) is 121 Å². The summed E-state index contributed by atoms with van der Waals surface area (Å²) in [5.41, 5.74) is 0. The van der Waals surface area contributed by atoms with Crippen LogP contribution in [0, 0.1) is 29.1 Å². The molecule has 0 amide bonds. The second kappa shape index (κ2) is 12.9.